The summed E-state index contributed by atoms with van der Waals surface area (Å²) in [5, 5.41) is 12.1. The molecule has 0 saturated carbocycles. The van der Waals surface area contributed by atoms with Crippen LogP contribution in [-0.4, -0.2) is 48.3 Å². The SMILES string of the molecule is CN(C(=O)c1ccc(C2=NOC(OCC(=O)O)(C(F)(F)F)C2)cc1)c1ccccc1. The molecule has 1 unspecified atom stereocenters. The first kappa shape index (κ1) is 21.3. The van der Waals surface area contributed by atoms with E-state index >= 15 is 0 Å². The number of aliphatic carboxylic acids is 1. The van der Waals surface area contributed by atoms with Crippen molar-refractivity contribution in [2.75, 3.05) is 18.6 Å². The van der Waals surface area contributed by atoms with Gasteiger partial charge in [-0.1, -0.05) is 35.5 Å². The van der Waals surface area contributed by atoms with Gasteiger partial charge >= 0.3 is 17.9 Å². The molecule has 1 atom stereocenters. The van der Waals surface area contributed by atoms with E-state index in [4.69, 9.17) is 5.11 Å². The maximum absolute atomic E-state index is 13.4. The van der Waals surface area contributed by atoms with E-state index in [1.165, 1.54) is 29.2 Å². The number of ether oxygens (including phenoxy) is 1. The fraction of sp³-hybridized carbons (Fsp3) is 0.250. The fourth-order valence-corrected chi connectivity index (χ4v) is 2.83. The molecule has 2 aromatic rings. The number of hydrogen-bond donors (Lipinski definition) is 1. The Morgan fingerprint density at radius 3 is 2.37 bits per heavy atom. The summed E-state index contributed by atoms with van der Waals surface area (Å²) in [6.07, 6.45) is -5.82. The molecule has 0 aliphatic carbocycles. The lowest BCUT2D eigenvalue weighted by Crippen LogP contribution is -2.48. The zero-order chi connectivity index (χ0) is 21.9. The van der Waals surface area contributed by atoms with Crippen LogP contribution in [0.5, 0.6) is 0 Å². The van der Waals surface area contributed by atoms with Gasteiger partial charge in [-0.05, 0) is 29.8 Å². The number of oxime groups is 1. The summed E-state index contributed by atoms with van der Waals surface area (Å²) in [6, 6.07) is 14.8. The molecule has 0 bridgehead atoms. The Bertz CT molecular complexity index is 961. The average Bonchev–Trinajstić information content (AvgIpc) is 3.18. The van der Waals surface area contributed by atoms with E-state index in [9.17, 15) is 22.8 Å². The minimum absolute atomic E-state index is 0.0758. The van der Waals surface area contributed by atoms with E-state index in [-0.39, 0.29) is 11.6 Å². The summed E-state index contributed by atoms with van der Waals surface area (Å²) >= 11 is 0. The van der Waals surface area contributed by atoms with Gasteiger partial charge < -0.3 is 19.6 Å². The first-order valence-electron chi connectivity index (χ1n) is 8.74. The van der Waals surface area contributed by atoms with Gasteiger partial charge in [0.15, 0.2) is 0 Å². The smallest absolute Gasteiger partial charge is 0.458 e. The van der Waals surface area contributed by atoms with E-state index in [1.54, 1.807) is 31.3 Å². The Morgan fingerprint density at radius 1 is 1.17 bits per heavy atom. The minimum Gasteiger partial charge on any atom is -0.480 e. The number of amides is 1. The second-order valence-corrected chi connectivity index (χ2v) is 6.52. The van der Waals surface area contributed by atoms with Crippen LogP contribution in [-0.2, 0) is 14.4 Å². The van der Waals surface area contributed by atoms with Crippen molar-refractivity contribution in [1.82, 2.24) is 0 Å². The van der Waals surface area contributed by atoms with Crippen molar-refractivity contribution >= 4 is 23.3 Å². The number of carbonyl (C=O) groups is 2. The van der Waals surface area contributed by atoms with Crippen LogP contribution in [0.15, 0.2) is 59.8 Å². The maximum Gasteiger partial charge on any atom is 0.458 e. The highest BCUT2D eigenvalue weighted by Crippen LogP contribution is 2.42. The Balaban J connectivity index is 1.75. The molecule has 0 radical (unpaired) electrons. The number of hydrogen-bond acceptors (Lipinski definition) is 5. The number of rotatable bonds is 6. The van der Waals surface area contributed by atoms with Gasteiger partial charge in [0.1, 0.15) is 6.61 Å². The molecule has 7 nitrogen and oxygen atoms in total. The molecular formula is C20H17F3N2O5. The maximum atomic E-state index is 13.4. The first-order valence-corrected chi connectivity index (χ1v) is 8.74. The number of nitrogens with zero attached hydrogens (tertiary/aromatic N) is 2. The molecule has 30 heavy (non-hydrogen) atoms. The average molecular weight is 422 g/mol. The van der Waals surface area contributed by atoms with Crippen LogP contribution in [0.1, 0.15) is 22.3 Å². The summed E-state index contributed by atoms with van der Waals surface area (Å²) in [6.45, 7) is -1.19. The normalized spacial score (nSPS) is 18.5. The van der Waals surface area contributed by atoms with Crippen molar-refractivity contribution in [3.63, 3.8) is 0 Å². The zero-order valence-electron chi connectivity index (χ0n) is 15.7. The van der Waals surface area contributed by atoms with Gasteiger partial charge in [0.05, 0.1) is 12.1 Å². The van der Waals surface area contributed by atoms with Gasteiger partial charge in [0.25, 0.3) is 5.91 Å². The molecule has 0 aromatic heterocycles. The Kier molecular flexibility index (Phi) is 5.79. The summed E-state index contributed by atoms with van der Waals surface area (Å²) < 4.78 is 44.7. The summed E-state index contributed by atoms with van der Waals surface area (Å²) in [7, 11) is 1.61. The van der Waals surface area contributed by atoms with E-state index in [1.807, 2.05) is 6.07 Å². The fourth-order valence-electron chi connectivity index (χ4n) is 2.83. The molecule has 0 saturated heterocycles. The number of alkyl halides is 3. The Hall–Kier alpha value is -3.40. The van der Waals surface area contributed by atoms with Crippen molar-refractivity contribution < 1.29 is 37.4 Å². The second-order valence-electron chi connectivity index (χ2n) is 6.52. The topological polar surface area (TPSA) is 88.4 Å². The highest BCUT2D eigenvalue weighted by molar-refractivity contribution is 6.07. The second kappa shape index (κ2) is 8.15. The molecule has 1 heterocycles. The van der Waals surface area contributed by atoms with Gasteiger partial charge in [0, 0.05) is 18.3 Å². The molecule has 10 heteroatoms. The van der Waals surface area contributed by atoms with Crippen LogP contribution < -0.4 is 4.90 Å². The molecule has 0 fully saturated rings. The van der Waals surface area contributed by atoms with Crippen molar-refractivity contribution in [3.05, 3.63) is 65.7 Å². The number of carboxylic acids is 1. The molecular weight excluding hydrogens is 405 g/mol. The lowest BCUT2D eigenvalue weighted by atomic mass is 10.0. The van der Waals surface area contributed by atoms with Crippen LogP contribution >= 0.6 is 0 Å². The Morgan fingerprint density at radius 2 is 1.80 bits per heavy atom. The lowest BCUT2D eigenvalue weighted by molar-refractivity contribution is -0.370. The van der Waals surface area contributed by atoms with E-state index in [0.717, 1.165) is 0 Å². The standard InChI is InChI=1S/C20H17F3N2O5/c1-25(15-5-3-2-4-6-15)18(28)14-9-7-13(8-10-14)16-11-19(30-24-16,20(21,22)23)29-12-17(26)27/h2-10H,11-12H2,1H3,(H,26,27). The van der Waals surface area contributed by atoms with Crippen LogP contribution in [0.3, 0.4) is 0 Å². The third kappa shape index (κ3) is 4.28. The molecule has 0 spiro atoms. The molecule has 1 aliphatic rings. The van der Waals surface area contributed by atoms with Crippen LogP contribution in [0.2, 0.25) is 0 Å². The van der Waals surface area contributed by atoms with E-state index in [0.29, 0.717) is 16.8 Å². The summed E-state index contributed by atoms with van der Waals surface area (Å²) in [5.74, 6) is -5.03. The number of carbonyl (C=O) groups excluding carboxylic acids is 1. The van der Waals surface area contributed by atoms with Gasteiger partial charge in [-0.3, -0.25) is 4.79 Å². The van der Waals surface area contributed by atoms with Gasteiger partial charge in [-0.25, -0.2) is 4.79 Å². The summed E-state index contributed by atoms with van der Waals surface area (Å²) in [4.78, 5) is 29.2. The quantitative estimate of drug-likeness (QED) is 0.771. The monoisotopic (exact) mass is 422 g/mol. The highest BCUT2D eigenvalue weighted by Gasteiger charge is 2.63. The van der Waals surface area contributed by atoms with E-state index in [2.05, 4.69) is 14.7 Å². The summed E-state index contributed by atoms with van der Waals surface area (Å²) in [5.41, 5.74) is 1.23. The molecule has 1 amide bonds. The number of carboxylic acid groups (broad SMARTS) is 1. The molecule has 1 N–H and O–H groups in total. The predicted octanol–water partition coefficient (Wildman–Crippen LogP) is 3.45. The highest BCUT2D eigenvalue weighted by atomic mass is 19.4. The third-order valence-corrected chi connectivity index (χ3v) is 4.48. The third-order valence-electron chi connectivity index (χ3n) is 4.48. The Labute approximate surface area is 169 Å². The number of benzene rings is 2. The predicted molar refractivity (Wildman–Crippen MR) is 100 cm³/mol. The minimum atomic E-state index is -5.00. The van der Waals surface area contributed by atoms with E-state index < -0.39 is 31.0 Å². The molecule has 158 valence electrons. The molecule has 2 aromatic carbocycles. The van der Waals surface area contributed by atoms with Crippen molar-refractivity contribution in [3.8, 4) is 0 Å². The van der Waals surface area contributed by atoms with Crippen molar-refractivity contribution in [1.29, 1.82) is 0 Å². The molecule has 1 aliphatic heterocycles. The number of para-hydroxylation sites is 1. The van der Waals surface area contributed by atoms with Gasteiger partial charge in [0.2, 0.25) is 0 Å². The molecule has 3 rings (SSSR count). The van der Waals surface area contributed by atoms with Gasteiger partial charge in [-0.2, -0.15) is 13.2 Å². The van der Waals surface area contributed by atoms with Crippen LogP contribution in [0.4, 0.5) is 18.9 Å². The zero-order valence-corrected chi connectivity index (χ0v) is 15.7. The lowest BCUT2D eigenvalue weighted by Gasteiger charge is -2.27. The van der Waals surface area contributed by atoms with Crippen LogP contribution in [0, 0.1) is 0 Å². The van der Waals surface area contributed by atoms with Crippen LogP contribution in [0.25, 0.3) is 0 Å². The van der Waals surface area contributed by atoms with Crippen molar-refractivity contribution in [2.24, 2.45) is 5.16 Å². The number of halogens is 3. The van der Waals surface area contributed by atoms with Crippen molar-refractivity contribution in [2.45, 2.75) is 18.4 Å². The number of anilines is 1. The largest absolute Gasteiger partial charge is 0.480 e. The first-order chi connectivity index (χ1) is 14.1. The van der Waals surface area contributed by atoms with Gasteiger partial charge in [-0.15, -0.1) is 0 Å².